The van der Waals surface area contributed by atoms with E-state index < -0.39 is 0 Å². The van der Waals surface area contributed by atoms with Gasteiger partial charge in [-0.1, -0.05) is 6.92 Å². The van der Waals surface area contributed by atoms with Gasteiger partial charge in [0.1, 0.15) is 0 Å². The van der Waals surface area contributed by atoms with Crippen molar-refractivity contribution < 1.29 is 4.74 Å². The van der Waals surface area contributed by atoms with Crippen molar-refractivity contribution in [1.29, 1.82) is 0 Å². The zero-order chi connectivity index (χ0) is 8.32. The second-order valence-corrected chi connectivity index (χ2v) is 4.10. The summed E-state index contributed by atoms with van der Waals surface area (Å²) in [4.78, 5) is 0. The van der Waals surface area contributed by atoms with Gasteiger partial charge in [-0.15, -0.1) is 0 Å². The quantitative estimate of drug-likeness (QED) is 0.660. The maximum absolute atomic E-state index is 5.77. The number of hydrogen-bond donors (Lipinski definition) is 1. The molecular weight excluding hydrogens is 138 g/mol. The Morgan fingerprint density at radius 1 is 1.45 bits per heavy atom. The average Bonchev–Trinajstić information content (AvgIpc) is 1.85. The molecule has 1 aliphatic heterocycles. The molecule has 1 heterocycles. The van der Waals surface area contributed by atoms with Crippen LogP contribution in [0.3, 0.4) is 0 Å². The summed E-state index contributed by atoms with van der Waals surface area (Å²) in [6.45, 7) is 6.24. The highest BCUT2D eigenvalue weighted by atomic mass is 16.5. The molecule has 1 saturated heterocycles. The fourth-order valence-corrected chi connectivity index (χ4v) is 1.85. The minimum Gasteiger partial charge on any atom is -0.381 e. The Morgan fingerprint density at radius 3 is 2.45 bits per heavy atom. The molecule has 2 nitrogen and oxygen atoms in total. The van der Waals surface area contributed by atoms with Crippen molar-refractivity contribution in [3.8, 4) is 0 Å². The van der Waals surface area contributed by atoms with Crippen LogP contribution >= 0.6 is 0 Å². The number of nitrogens with two attached hydrogens (primary N) is 1. The first kappa shape index (κ1) is 9.01. The van der Waals surface area contributed by atoms with E-state index in [-0.39, 0.29) is 0 Å². The van der Waals surface area contributed by atoms with Crippen LogP contribution in [0.4, 0.5) is 0 Å². The Balaban J connectivity index is 2.37. The Hall–Kier alpha value is -0.0800. The molecule has 0 unspecified atom stereocenters. The Labute approximate surface area is 69.1 Å². The van der Waals surface area contributed by atoms with Crippen LogP contribution in [-0.2, 0) is 4.74 Å². The summed E-state index contributed by atoms with van der Waals surface area (Å²) in [5, 5.41) is 0. The van der Waals surface area contributed by atoms with Gasteiger partial charge in [-0.3, -0.25) is 0 Å². The SMILES string of the molecule is C[C@@H](N)CC1(C)CCOCC1. The van der Waals surface area contributed by atoms with Gasteiger partial charge in [0, 0.05) is 19.3 Å². The predicted octanol–water partition coefficient (Wildman–Crippen LogP) is 1.54. The van der Waals surface area contributed by atoms with E-state index in [2.05, 4.69) is 13.8 Å². The Kier molecular flexibility index (Phi) is 2.90. The summed E-state index contributed by atoms with van der Waals surface area (Å²) in [7, 11) is 0. The zero-order valence-corrected chi connectivity index (χ0v) is 7.60. The van der Waals surface area contributed by atoms with Crippen LogP contribution in [0.25, 0.3) is 0 Å². The summed E-state index contributed by atoms with van der Waals surface area (Å²) in [5.41, 5.74) is 6.22. The molecule has 0 aromatic rings. The van der Waals surface area contributed by atoms with E-state index in [0.29, 0.717) is 11.5 Å². The van der Waals surface area contributed by atoms with Gasteiger partial charge in [-0.2, -0.15) is 0 Å². The molecule has 1 fully saturated rings. The second kappa shape index (κ2) is 3.55. The monoisotopic (exact) mass is 157 g/mol. The second-order valence-electron chi connectivity index (χ2n) is 4.10. The summed E-state index contributed by atoms with van der Waals surface area (Å²) in [5.74, 6) is 0. The summed E-state index contributed by atoms with van der Waals surface area (Å²) >= 11 is 0. The van der Waals surface area contributed by atoms with Crippen molar-refractivity contribution in [2.45, 2.75) is 39.2 Å². The summed E-state index contributed by atoms with van der Waals surface area (Å²) in [6, 6.07) is 0.332. The minimum absolute atomic E-state index is 0.332. The van der Waals surface area contributed by atoms with Crippen molar-refractivity contribution in [3.63, 3.8) is 0 Å². The van der Waals surface area contributed by atoms with E-state index >= 15 is 0 Å². The predicted molar refractivity (Wildman–Crippen MR) is 46.4 cm³/mol. The molecule has 1 aliphatic rings. The normalized spacial score (nSPS) is 26.5. The number of hydrogen-bond acceptors (Lipinski definition) is 2. The fraction of sp³-hybridized carbons (Fsp3) is 1.00. The highest BCUT2D eigenvalue weighted by Gasteiger charge is 2.27. The summed E-state index contributed by atoms with van der Waals surface area (Å²) in [6.07, 6.45) is 3.49. The third-order valence-electron chi connectivity index (χ3n) is 2.51. The minimum atomic E-state index is 0.332. The molecule has 0 radical (unpaired) electrons. The first-order chi connectivity index (χ1) is 5.12. The summed E-state index contributed by atoms with van der Waals surface area (Å²) < 4.78 is 5.31. The van der Waals surface area contributed by atoms with Crippen LogP contribution in [0.5, 0.6) is 0 Å². The van der Waals surface area contributed by atoms with Crippen molar-refractivity contribution >= 4 is 0 Å². The van der Waals surface area contributed by atoms with Gasteiger partial charge < -0.3 is 10.5 Å². The molecule has 2 heteroatoms. The van der Waals surface area contributed by atoms with Crippen LogP contribution in [0, 0.1) is 5.41 Å². The lowest BCUT2D eigenvalue weighted by Gasteiger charge is -2.34. The largest absolute Gasteiger partial charge is 0.381 e. The maximum Gasteiger partial charge on any atom is 0.0471 e. The Morgan fingerprint density at radius 2 is 2.00 bits per heavy atom. The van der Waals surface area contributed by atoms with Gasteiger partial charge in [-0.05, 0) is 31.6 Å². The third kappa shape index (κ3) is 2.80. The highest BCUT2D eigenvalue weighted by Crippen LogP contribution is 2.33. The van der Waals surface area contributed by atoms with E-state index in [0.717, 1.165) is 19.6 Å². The molecule has 0 aliphatic carbocycles. The first-order valence-electron chi connectivity index (χ1n) is 4.46. The van der Waals surface area contributed by atoms with Gasteiger partial charge >= 0.3 is 0 Å². The van der Waals surface area contributed by atoms with Gasteiger partial charge in [0.25, 0.3) is 0 Å². The topological polar surface area (TPSA) is 35.2 Å². The van der Waals surface area contributed by atoms with Crippen LogP contribution in [0.2, 0.25) is 0 Å². The molecular formula is C9H19NO. The van der Waals surface area contributed by atoms with E-state index in [9.17, 15) is 0 Å². The molecule has 11 heavy (non-hydrogen) atoms. The molecule has 0 aromatic carbocycles. The maximum atomic E-state index is 5.77. The van der Waals surface area contributed by atoms with Crippen molar-refractivity contribution in [1.82, 2.24) is 0 Å². The standard InChI is InChI=1S/C9H19NO/c1-8(10)7-9(2)3-5-11-6-4-9/h8H,3-7,10H2,1-2H3/t8-/m1/s1. The van der Waals surface area contributed by atoms with Crippen molar-refractivity contribution in [2.24, 2.45) is 11.1 Å². The van der Waals surface area contributed by atoms with Crippen LogP contribution in [0.15, 0.2) is 0 Å². The van der Waals surface area contributed by atoms with Gasteiger partial charge in [0.05, 0.1) is 0 Å². The average molecular weight is 157 g/mol. The molecule has 2 N–H and O–H groups in total. The van der Waals surface area contributed by atoms with Crippen molar-refractivity contribution in [2.75, 3.05) is 13.2 Å². The zero-order valence-electron chi connectivity index (χ0n) is 7.60. The van der Waals surface area contributed by atoms with E-state index in [4.69, 9.17) is 10.5 Å². The molecule has 0 spiro atoms. The first-order valence-corrected chi connectivity index (χ1v) is 4.46. The smallest absolute Gasteiger partial charge is 0.0471 e. The van der Waals surface area contributed by atoms with E-state index in [1.54, 1.807) is 0 Å². The molecule has 0 bridgehead atoms. The van der Waals surface area contributed by atoms with E-state index in [1.807, 2.05) is 0 Å². The third-order valence-corrected chi connectivity index (χ3v) is 2.51. The lowest BCUT2D eigenvalue weighted by atomic mass is 9.77. The molecule has 0 aromatic heterocycles. The van der Waals surface area contributed by atoms with E-state index in [1.165, 1.54) is 12.8 Å². The van der Waals surface area contributed by atoms with Gasteiger partial charge in [-0.25, -0.2) is 0 Å². The lowest BCUT2D eigenvalue weighted by Crippen LogP contribution is -2.32. The fourth-order valence-electron chi connectivity index (χ4n) is 1.85. The van der Waals surface area contributed by atoms with Crippen LogP contribution in [0.1, 0.15) is 33.1 Å². The molecule has 0 saturated carbocycles. The van der Waals surface area contributed by atoms with Gasteiger partial charge in [0.2, 0.25) is 0 Å². The molecule has 1 rings (SSSR count). The molecule has 66 valence electrons. The Bertz CT molecular complexity index is 117. The lowest BCUT2D eigenvalue weighted by molar-refractivity contribution is 0.0174. The van der Waals surface area contributed by atoms with Crippen LogP contribution < -0.4 is 5.73 Å². The van der Waals surface area contributed by atoms with Crippen LogP contribution in [-0.4, -0.2) is 19.3 Å². The molecule has 1 atom stereocenters. The van der Waals surface area contributed by atoms with Crippen molar-refractivity contribution in [3.05, 3.63) is 0 Å². The number of ether oxygens (including phenoxy) is 1. The number of rotatable bonds is 2. The highest BCUT2D eigenvalue weighted by molar-refractivity contribution is 4.79. The molecule has 0 amide bonds. The van der Waals surface area contributed by atoms with Gasteiger partial charge in [0.15, 0.2) is 0 Å².